The fourth-order valence-electron chi connectivity index (χ4n) is 3.76. The van der Waals surface area contributed by atoms with Crippen molar-refractivity contribution in [3.8, 4) is 0 Å². The normalized spacial score (nSPS) is 17.6. The number of aromatic nitrogens is 3. The molecule has 5 rings (SSSR count). The fraction of sp³-hybridized carbons (Fsp3) is 0.333. The van der Waals surface area contributed by atoms with Gasteiger partial charge in [0.05, 0.1) is 30.6 Å². The van der Waals surface area contributed by atoms with Crippen LogP contribution in [0.1, 0.15) is 12.1 Å². The molecule has 2 aromatic heterocycles. The summed E-state index contributed by atoms with van der Waals surface area (Å²) < 4.78 is 7.41. The molecule has 0 spiro atoms. The molecule has 0 atom stereocenters. The summed E-state index contributed by atoms with van der Waals surface area (Å²) in [6.45, 7) is 5.38. The third-order valence-corrected chi connectivity index (χ3v) is 5.29. The predicted octanol–water partition coefficient (Wildman–Crippen LogP) is 2.69. The Morgan fingerprint density at radius 1 is 1.04 bits per heavy atom. The number of nitrogens with zero attached hydrogens (tertiary/aromatic N) is 4. The summed E-state index contributed by atoms with van der Waals surface area (Å²) in [5.74, 6) is 0.596. The fourth-order valence-corrected chi connectivity index (χ4v) is 3.76. The van der Waals surface area contributed by atoms with E-state index in [1.54, 1.807) is 0 Å². The molecule has 2 aliphatic rings. The topological polar surface area (TPSA) is 66.7 Å². The second kappa shape index (κ2) is 7.61. The minimum atomic E-state index is 0.596. The lowest BCUT2D eigenvalue weighted by atomic mass is 10.1. The zero-order valence-electron chi connectivity index (χ0n) is 15.8. The van der Waals surface area contributed by atoms with Crippen molar-refractivity contribution >= 4 is 28.4 Å². The number of hydrogen-bond acceptors (Lipinski definition) is 6. The van der Waals surface area contributed by atoms with Crippen molar-refractivity contribution in [3.63, 3.8) is 0 Å². The molecular weight excluding hydrogens is 352 g/mol. The van der Waals surface area contributed by atoms with Crippen molar-refractivity contribution in [3.05, 3.63) is 54.4 Å². The van der Waals surface area contributed by atoms with E-state index in [1.165, 1.54) is 11.3 Å². The number of rotatable bonds is 4. The van der Waals surface area contributed by atoms with E-state index in [-0.39, 0.29) is 0 Å². The summed E-state index contributed by atoms with van der Waals surface area (Å²) in [6, 6.07) is 12.6. The summed E-state index contributed by atoms with van der Waals surface area (Å²) in [5.41, 5.74) is 5.67. The summed E-state index contributed by atoms with van der Waals surface area (Å²) in [7, 11) is 0. The molecule has 0 unspecified atom stereocenters. The minimum Gasteiger partial charge on any atom is -0.378 e. The average molecular weight is 376 g/mol. The molecule has 4 heterocycles. The molecule has 0 amide bonds. The van der Waals surface area contributed by atoms with Crippen LogP contribution in [-0.4, -0.2) is 54.0 Å². The molecule has 28 heavy (non-hydrogen) atoms. The van der Waals surface area contributed by atoms with Crippen LogP contribution in [0, 0.1) is 0 Å². The molecular formula is C21H24N6O. The van der Waals surface area contributed by atoms with Gasteiger partial charge >= 0.3 is 0 Å². The second-order valence-electron chi connectivity index (χ2n) is 7.09. The van der Waals surface area contributed by atoms with Gasteiger partial charge in [-0.3, -0.25) is 0 Å². The number of benzene rings is 1. The Morgan fingerprint density at radius 3 is 2.68 bits per heavy atom. The molecule has 2 aliphatic heterocycles. The maximum atomic E-state index is 5.43. The Morgan fingerprint density at radius 2 is 1.89 bits per heavy atom. The van der Waals surface area contributed by atoms with Gasteiger partial charge in [0.1, 0.15) is 0 Å². The number of morpholine rings is 1. The molecule has 0 radical (unpaired) electrons. The highest BCUT2D eigenvalue weighted by molar-refractivity contribution is 5.68. The van der Waals surface area contributed by atoms with Crippen LogP contribution >= 0.6 is 0 Å². The van der Waals surface area contributed by atoms with Gasteiger partial charge in [-0.25, -0.2) is 9.50 Å². The number of hydrogen-bond donors (Lipinski definition) is 2. The van der Waals surface area contributed by atoms with Crippen LogP contribution < -0.4 is 15.5 Å². The van der Waals surface area contributed by atoms with Gasteiger partial charge in [0.2, 0.25) is 5.95 Å². The molecule has 7 nitrogen and oxygen atoms in total. The Labute approximate surface area is 164 Å². The first-order valence-corrected chi connectivity index (χ1v) is 9.81. The second-order valence-corrected chi connectivity index (χ2v) is 7.09. The number of fused-ring (bicyclic) bond motifs is 1. The lowest BCUT2D eigenvalue weighted by Crippen LogP contribution is -2.36. The van der Waals surface area contributed by atoms with Gasteiger partial charge < -0.3 is 20.3 Å². The molecule has 144 valence electrons. The van der Waals surface area contributed by atoms with Crippen LogP contribution in [0.4, 0.5) is 17.3 Å². The smallest absolute Gasteiger partial charge is 0.245 e. The van der Waals surface area contributed by atoms with Crippen molar-refractivity contribution in [1.29, 1.82) is 0 Å². The van der Waals surface area contributed by atoms with Gasteiger partial charge in [0, 0.05) is 31.0 Å². The van der Waals surface area contributed by atoms with Gasteiger partial charge in [-0.15, -0.1) is 5.10 Å². The predicted molar refractivity (Wildman–Crippen MR) is 111 cm³/mol. The van der Waals surface area contributed by atoms with Crippen LogP contribution in [-0.2, 0) is 4.74 Å². The first kappa shape index (κ1) is 17.2. The largest absolute Gasteiger partial charge is 0.378 e. The van der Waals surface area contributed by atoms with Crippen molar-refractivity contribution in [2.75, 3.05) is 49.6 Å². The van der Waals surface area contributed by atoms with Gasteiger partial charge in [-0.05, 0) is 54.9 Å². The van der Waals surface area contributed by atoms with Gasteiger partial charge in [-0.2, -0.15) is 0 Å². The van der Waals surface area contributed by atoms with Gasteiger partial charge in [0.15, 0.2) is 0 Å². The monoisotopic (exact) mass is 376 g/mol. The van der Waals surface area contributed by atoms with Crippen LogP contribution in [0.2, 0.25) is 0 Å². The van der Waals surface area contributed by atoms with Crippen molar-refractivity contribution < 1.29 is 4.74 Å². The highest BCUT2D eigenvalue weighted by Crippen LogP contribution is 2.24. The Hall–Kier alpha value is -2.90. The molecule has 1 aromatic carbocycles. The van der Waals surface area contributed by atoms with E-state index < -0.39 is 0 Å². The lowest BCUT2D eigenvalue weighted by Gasteiger charge is -2.28. The van der Waals surface area contributed by atoms with E-state index in [2.05, 4.69) is 63.0 Å². The molecule has 0 saturated carbocycles. The zero-order valence-corrected chi connectivity index (χ0v) is 15.8. The Balaban J connectivity index is 1.36. The molecule has 1 saturated heterocycles. The average Bonchev–Trinajstić information content (AvgIpc) is 3.19. The molecule has 3 aromatic rings. The summed E-state index contributed by atoms with van der Waals surface area (Å²) in [5, 5.41) is 11.4. The third kappa shape index (κ3) is 3.46. The van der Waals surface area contributed by atoms with Crippen molar-refractivity contribution in [2.24, 2.45) is 0 Å². The SMILES string of the molecule is C1=C(c2ccc3cnc(Nc4ccc(N5CCOCC5)cc4)nn23)CCNC1. The van der Waals surface area contributed by atoms with Crippen LogP contribution in [0.3, 0.4) is 0 Å². The quantitative estimate of drug-likeness (QED) is 0.730. The van der Waals surface area contributed by atoms with E-state index in [0.717, 1.165) is 62.7 Å². The molecule has 1 fully saturated rings. The van der Waals surface area contributed by atoms with Gasteiger partial charge in [0.25, 0.3) is 0 Å². The van der Waals surface area contributed by atoms with E-state index in [1.807, 2.05) is 10.7 Å². The van der Waals surface area contributed by atoms with E-state index >= 15 is 0 Å². The molecule has 2 N–H and O–H groups in total. The zero-order chi connectivity index (χ0) is 18.8. The number of nitrogens with one attached hydrogen (secondary N) is 2. The molecule has 0 bridgehead atoms. The molecule has 0 aliphatic carbocycles. The summed E-state index contributed by atoms with van der Waals surface area (Å²) in [4.78, 5) is 6.81. The van der Waals surface area contributed by atoms with E-state index in [9.17, 15) is 0 Å². The Bertz CT molecular complexity index is 988. The van der Waals surface area contributed by atoms with Crippen LogP contribution in [0.5, 0.6) is 0 Å². The third-order valence-electron chi connectivity index (χ3n) is 5.29. The maximum absolute atomic E-state index is 5.43. The highest BCUT2D eigenvalue weighted by atomic mass is 16.5. The summed E-state index contributed by atoms with van der Waals surface area (Å²) >= 11 is 0. The summed E-state index contributed by atoms with van der Waals surface area (Å²) in [6.07, 6.45) is 5.12. The lowest BCUT2D eigenvalue weighted by molar-refractivity contribution is 0.122. The van der Waals surface area contributed by atoms with Crippen molar-refractivity contribution in [1.82, 2.24) is 19.9 Å². The first-order valence-electron chi connectivity index (χ1n) is 9.81. The van der Waals surface area contributed by atoms with E-state index in [4.69, 9.17) is 9.84 Å². The van der Waals surface area contributed by atoms with Crippen LogP contribution in [0.25, 0.3) is 11.1 Å². The van der Waals surface area contributed by atoms with Crippen LogP contribution in [0.15, 0.2) is 48.7 Å². The minimum absolute atomic E-state index is 0.596. The van der Waals surface area contributed by atoms with Gasteiger partial charge in [-0.1, -0.05) is 6.08 Å². The maximum Gasteiger partial charge on any atom is 0.245 e. The molecule has 7 heteroatoms. The number of anilines is 3. The van der Waals surface area contributed by atoms with E-state index in [0.29, 0.717) is 5.95 Å². The number of ether oxygens (including phenoxy) is 1. The Kier molecular flexibility index (Phi) is 4.68. The highest BCUT2D eigenvalue weighted by Gasteiger charge is 2.13. The first-order chi connectivity index (χ1) is 13.9. The standard InChI is InChI=1S/C21H24N6O/c1-3-18(26-11-13-28-14-12-26)4-2-17(1)24-21-23-15-19-5-6-20(27(19)25-21)16-7-9-22-10-8-16/h1-7,15,22H,8-14H2,(H,24,25). The van der Waals surface area contributed by atoms with Crippen molar-refractivity contribution in [2.45, 2.75) is 6.42 Å².